The topological polar surface area (TPSA) is 134 Å². The first-order valence-electron chi connectivity index (χ1n) is 12.8. The second kappa shape index (κ2) is 11.6. The maximum absolute atomic E-state index is 13.0. The van der Waals surface area contributed by atoms with Crippen LogP contribution in [0.2, 0.25) is 0 Å². The van der Waals surface area contributed by atoms with E-state index in [1.807, 2.05) is 0 Å². The molecule has 1 saturated carbocycles. The minimum atomic E-state index is -3.57. The monoisotopic (exact) mass is 545 g/mol. The number of hydrogen-bond donors (Lipinski definition) is 3. The van der Waals surface area contributed by atoms with E-state index in [0.717, 1.165) is 38.5 Å². The molecule has 0 amide bonds. The van der Waals surface area contributed by atoms with Crippen LogP contribution in [0, 0.1) is 0 Å². The summed E-state index contributed by atoms with van der Waals surface area (Å²) >= 11 is 0. The Morgan fingerprint density at radius 3 is 2.58 bits per heavy atom. The molecule has 1 aliphatic carbocycles. The zero-order chi connectivity index (χ0) is 25.8. The number of aliphatic hydroxyl groups is 1. The molecule has 3 aliphatic rings. The van der Waals surface area contributed by atoms with E-state index in [0.29, 0.717) is 44.8 Å². The average molecular weight is 546 g/mol. The summed E-state index contributed by atoms with van der Waals surface area (Å²) in [6.45, 7) is 1.85. The van der Waals surface area contributed by atoms with Gasteiger partial charge in [0.15, 0.2) is 0 Å². The Hall–Kier alpha value is -1.28. The Bertz CT molecular complexity index is 1080. The van der Waals surface area contributed by atoms with Crippen LogP contribution < -0.4 is 14.8 Å². The SMILES string of the molecule is CNS(=O)(=O)c1cccc(OCC(O)CNC2COC3(CCN(S(=O)(=O)C4CCCCC4)CC3)C2)c1. The summed E-state index contributed by atoms with van der Waals surface area (Å²) in [6, 6.07) is 6.20. The standard InChI is InChI=1S/C24H39N3O7S2/c1-25-35(29,30)23-9-5-6-21(14-23)33-18-20(28)16-26-19-15-24(34-17-19)10-12-27(13-11-24)36(31,32)22-7-3-2-4-8-22/h5-6,9,14,19-20,22,25-26,28H,2-4,7-8,10-13,15-18H2,1H3. The van der Waals surface area contributed by atoms with Crippen LogP contribution in [0.4, 0.5) is 0 Å². The molecule has 1 spiro atoms. The van der Waals surface area contributed by atoms with E-state index < -0.39 is 26.2 Å². The van der Waals surface area contributed by atoms with Gasteiger partial charge < -0.3 is 19.9 Å². The molecule has 10 nitrogen and oxygen atoms in total. The van der Waals surface area contributed by atoms with Gasteiger partial charge in [0.1, 0.15) is 18.5 Å². The van der Waals surface area contributed by atoms with E-state index in [4.69, 9.17) is 9.47 Å². The first-order chi connectivity index (χ1) is 17.1. The minimum absolute atomic E-state index is 0.0166. The molecule has 3 fully saturated rings. The van der Waals surface area contributed by atoms with E-state index in [9.17, 15) is 21.9 Å². The second-order valence-electron chi connectivity index (χ2n) is 10.2. The van der Waals surface area contributed by atoms with Crippen LogP contribution in [-0.4, -0.2) is 89.1 Å². The van der Waals surface area contributed by atoms with Crippen LogP contribution in [0.3, 0.4) is 0 Å². The van der Waals surface area contributed by atoms with Crippen LogP contribution in [0.1, 0.15) is 51.4 Å². The average Bonchev–Trinajstić information content (AvgIpc) is 3.29. The lowest BCUT2D eigenvalue weighted by Gasteiger charge is -2.39. The van der Waals surface area contributed by atoms with Gasteiger partial charge >= 0.3 is 0 Å². The molecule has 2 aliphatic heterocycles. The van der Waals surface area contributed by atoms with Gasteiger partial charge in [0, 0.05) is 31.7 Å². The van der Waals surface area contributed by atoms with Crippen molar-refractivity contribution in [2.24, 2.45) is 0 Å². The Balaban J connectivity index is 1.20. The van der Waals surface area contributed by atoms with Crippen molar-refractivity contribution < 1.29 is 31.4 Å². The van der Waals surface area contributed by atoms with Gasteiger partial charge in [-0.15, -0.1) is 0 Å². The normalized spacial score (nSPS) is 24.7. The Kier molecular flexibility index (Phi) is 8.96. The second-order valence-corrected chi connectivity index (χ2v) is 14.3. The predicted molar refractivity (Wildman–Crippen MR) is 136 cm³/mol. The molecule has 1 aromatic carbocycles. The summed E-state index contributed by atoms with van der Waals surface area (Å²) in [4.78, 5) is 0.0982. The third-order valence-electron chi connectivity index (χ3n) is 7.65. The number of sulfonamides is 2. The molecule has 1 aromatic rings. The molecular formula is C24H39N3O7S2. The van der Waals surface area contributed by atoms with Crippen LogP contribution in [0.25, 0.3) is 0 Å². The van der Waals surface area contributed by atoms with Gasteiger partial charge in [-0.2, -0.15) is 0 Å². The summed E-state index contributed by atoms with van der Waals surface area (Å²) in [6.07, 6.45) is 6.06. The van der Waals surface area contributed by atoms with Gasteiger partial charge in [0.2, 0.25) is 20.0 Å². The van der Waals surface area contributed by atoms with E-state index in [1.165, 1.54) is 19.2 Å². The fourth-order valence-corrected chi connectivity index (χ4v) is 8.26. The summed E-state index contributed by atoms with van der Waals surface area (Å²) in [5.74, 6) is 0.364. The van der Waals surface area contributed by atoms with Gasteiger partial charge in [-0.05, 0) is 51.3 Å². The quantitative estimate of drug-likeness (QED) is 0.400. The third kappa shape index (κ3) is 6.58. The maximum Gasteiger partial charge on any atom is 0.240 e. The van der Waals surface area contributed by atoms with Crippen molar-refractivity contribution in [2.75, 3.05) is 39.9 Å². The van der Waals surface area contributed by atoms with Crippen molar-refractivity contribution >= 4 is 20.0 Å². The van der Waals surface area contributed by atoms with E-state index in [1.54, 1.807) is 16.4 Å². The fourth-order valence-electron chi connectivity index (χ4n) is 5.45. The highest BCUT2D eigenvalue weighted by molar-refractivity contribution is 7.89. The van der Waals surface area contributed by atoms with Gasteiger partial charge in [-0.3, -0.25) is 0 Å². The first-order valence-corrected chi connectivity index (χ1v) is 15.8. The number of nitrogens with one attached hydrogen (secondary N) is 2. The highest BCUT2D eigenvalue weighted by atomic mass is 32.2. The number of rotatable bonds is 10. The van der Waals surface area contributed by atoms with Crippen molar-refractivity contribution in [1.29, 1.82) is 0 Å². The zero-order valence-electron chi connectivity index (χ0n) is 20.9. The fraction of sp³-hybridized carbons (Fsp3) is 0.750. The number of aliphatic hydroxyl groups excluding tert-OH is 1. The predicted octanol–water partition coefficient (Wildman–Crippen LogP) is 1.21. The molecule has 3 N–H and O–H groups in total. The Labute approximate surface area is 214 Å². The molecule has 204 valence electrons. The lowest BCUT2D eigenvalue weighted by Crippen LogP contribution is -2.49. The largest absolute Gasteiger partial charge is 0.491 e. The molecule has 0 bridgehead atoms. The number of nitrogens with zero attached hydrogens (tertiary/aromatic N) is 1. The summed E-state index contributed by atoms with van der Waals surface area (Å²) < 4.78 is 65.6. The van der Waals surface area contributed by atoms with Crippen molar-refractivity contribution in [2.45, 2.75) is 79.3 Å². The lowest BCUT2D eigenvalue weighted by molar-refractivity contribution is -0.0313. The van der Waals surface area contributed by atoms with Gasteiger partial charge in [0.05, 0.1) is 22.4 Å². The van der Waals surface area contributed by atoms with Crippen LogP contribution >= 0.6 is 0 Å². The Morgan fingerprint density at radius 1 is 1.17 bits per heavy atom. The molecule has 2 heterocycles. The highest BCUT2D eigenvalue weighted by Gasteiger charge is 2.45. The summed E-state index contributed by atoms with van der Waals surface area (Å²) in [5.41, 5.74) is -0.309. The van der Waals surface area contributed by atoms with Gasteiger partial charge in [-0.25, -0.2) is 25.9 Å². The van der Waals surface area contributed by atoms with E-state index in [-0.39, 0.29) is 28.4 Å². The smallest absolute Gasteiger partial charge is 0.240 e. The zero-order valence-corrected chi connectivity index (χ0v) is 22.5. The maximum atomic E-state index is 13.0. The minimum Gasteiger partial charge on any atom is -0.491 e. The summed E-state index contributed by atoms with van der Waals surface area (Å²) in [7, 11) is -5.45. The molecule has 2 atom stereocenters. The summed E-state index contributed by atoms with van der Waals surface area (Å²) in [5, 5.41) is 13.5. The number of hydrogen-bond acceptors (Lipinski definition) is 8. The molecule has 2 unspecified atom stereocenters. The van der Waals surface area contributed by atoms with Crippen LogP contribution in [0.15, 0.2) is 29.2 Å². The first kappa shape index (κ1) is 27.7. The molecule has 2 saturated heterocycles. The van der Waals surface area contributed by atoms with Gasteiger partial charge in [-0.1, -0.05) is 25.3 Å². The molecule has 4 rings (SSSR count). The van der Waals surface area contributed by atoms with Crippen molar-refractivity contribution in [3.05, 3.63) is 24.3 Å². The molecular weight excluding hydrogens is 506 g/mol. The van der Waals surface area contributed by atoms with E-state index in [2.05, 4.69) is 10.0 Å². The molecule has 0 radical (unpaired) electrons. The molecule has 36 heavy (non-hydrogen) atoms. The van der Waals surface area contributed by atoms with E-state index >= 15 is 0 Å². The lowest BCUT2D eigenvalue weighted by atomic mass is 9.88. The van der Waals surface area contributed by atoms with Crippen molar-refractivity contribution in [3.63, 3.8) is 0 Å². The van der Waals surface area contributed by atoms with Crippen molar-refractivity contribution in [1.82, 2.24) is 14.3 Å². The number of benzene rings is 1. The molecule has 12 heteroatoms. The van der Waals surface area contributed by atoms with Gasteiger partial charge in [0.25, 0.3) is 0 Å². The third-order valence-corrected chi connectivity index (χ3v) is 11.5. The highest BCUT2D eigenvalue weighted by Crippen LogP contribution is 2.38. The van der Waals surface area contributed by atoms with Crippen LogP contribution in [0.5, 0.6) is 5.75 Å². The number of piperidine rings is 1. The Morgan fingerprint density at radius 2 is 1.89 bits per heavy atom. The molecule has 0 aromatic heterocycles. The van der Waals surface area contributed by atoms with Crippen LogP contribution in [-0.2, 0) is 24.8 Å². The number of ether oxygens (including phenoxy) is 2. The van der Waals surface area contributed by atoms with Crippen molar-refractivity contribution in [3.8, 4) is 5.75 Å².